The van der Waals surface area contributed by atoms with E-state index in [0.29, 0.717) is 4.90 Å². The second-order valence-corrected chi connectivity index (χ2v) is 10.1. The molecule has 0 unspecified atom stereocenters. The number of halogens is 6. The van der Waals surface area contributed by atoms with Gasteiger partial charge in [0.05, 0.1) is 0 Å². The Bertz CT molecular complexity index is 847. The average molecular weight is 580 g/mol. The number of amides is 4. The molecule has 0 aliphatic rings. The molecule has 0 aromatic rings. The first-order chi connectivity index (χ1) is 17.5. The highest BCUT2D eigenvalue weighted by Crippen LogP contribution is 2.19. The molecule has 0 radical (unpaired) electrons. The number of carbonyl (C=O) groups excluding carboxylic acids is 4. The number of hydrogen-bond acceptors (Lipinski definition) is 7. The lowest BCUT2D eigenvalue weighted by atomic mass is 10.2. The second-order valence-electron chi connectivity index (χ2n) is 10.1. The first kappa shape index (κ1) is 35.7. The first-order valence-corrected chi connectivity index (χ1v) is 11.8. The summed E-state index contributed by atoms with van der Waals surface area (Å²) in [6, 6.07) is 0. The van der Waals surface area contributed by atoms with Gasteiger partial charge < -0.3 is 19.7 Å². The fourth-order valence-electron chi connectivity index (χ4n) is 2.59. The zero-order chi connectivity index (χ0) is 30.7. The van der Waals surface area contributed by atoms with Crippen molar-refractivity contribution in [2.24, 2.45) is 4.99 Å². The molecular formula is C22H35F6N5O6. The number of alkyl halides is 6. The molecule has 0 aromatic carbocycles. The predicted molar refractivity (Wildman–Crippen MR) is 127 cm³/mol. The van der Waals surface area contributed by atoms with E-state index < -0.39 is 67.2 Å². The zero-order valence-corrected chi connectivity index (χ0v) is 22.6. The van der Waals surface area contributed by atoms with Gasteiger partial charge in [0.1, 0.15) is 11.2 Å². The van der Waals surface area contributed by atoms with Gasteiger partial charge in [0.2, 0.25) is 5.96 Å². The van der Waals surface area contributed by atoms with E-state index >= 15 is 0 Å². The lowest BCUT2D eigenvalue weighted by Gasteiger charge is -2.24. The van der Waals surface area contributed by atoms with Crippen LogP contribution in [0.2, 0.25) is 0 Å². The van der Waals surface area contributed by atoms with Gasteiger partial charge in [0.15, 0.2) is 0 Å². The Labute approximate surface area is 222 Å². The lowest BCUT2D eigenvalue weighted by molar-refractivity contribution is -0.185. The van der Waals surface area contributed by atoms with Crippen molar-refractivity contribution in [1.29, 1.82) is 0 Å². The molecule has 4 amide bonds. The molecule has 0 aliphatic heterocycles. The number of hydrogen-bond donors (Lipinski definition) is 3. The Kier molecular flexibility index (Phi) is 13.5. The predicted octanol–water partition coefficient (Wildman–Crippen LogP) is 3.63. The summed E-state index contributed by atoms with van der Waals surface area (Å²) in [5.74, 6) is -4.89. The highest BCUT2D eigenvalue weighted by Gasteiger charge is 2.42. The van der Waals surface area contributed by atoms with Crippen LogP contribution in [0.5, 0.6) is 0 Å². The fourth-order valence-corrected chi connectivity index (χ4v) is 2.59. The molecule has 17 heteroatoms. The molecule has 11 nitrogen and oxygen atoms in total. The molecule has 0 rings (SSSR count). The van der Waals surface area contributed by atoms with Crippen LogP contribution in [0.1, 0.15) is 60.8 Å². The Hall–Kier alpha value is -3.27. The highest BCUT2D eigenvalue weighted by atomic mass is 19.4. The van der Waals surface area contributed by atoms with Gasteiger partial charge in [0.25, 0.3) is 0 Å². The molecule has 0 fully saturated rings. The molecular weight excluding hydrogens is 544 g/mol. The summed E-state index contributed by atoms with van der Waals surface area (Å²) < 4.78 is 85.4. The normalized spacial score (nSPS) is 12.2. The maximum atomic E-state index is 12.8. The van der Waals surface area contributed by atoms with Gasteiger partial charge in [-0.1, -0.05) is 0 Å². The van der Waals surface area contributed by atoms with Gasteiger partial charge in [-0.2, -0.15) is 26.3 Å². The largest absolute Gasteiger partial charge is 0.471 e. The number of nitrogens with zero attached hydrogens (tertiary/aromatic N) is 2. The van der Waals surface area contributed by atoms with Gasteiger partial charge in [-0.25, -0.2) is 9.59 Å². The van der Waals surface area contributed by atoms with Crippen molar-refractivity contribution in [2.75, 3.05) is 26.2 Å². The standard InChI is InChI=1S/C22H35F6N5O6/c1-19(2,3)38-17(36)31-16(32-18(37)39-20(4,5)6)30-10-8-7-9-12-33(15(35)22(26,27)28)13-11-29-14(34)21(23,24)25/h7-13H2,1-6H3,(H,29,34)(H2,30,31,32,36,37). The Morgan fingerprint density at radius 3 is 1.62 bits per heavy atom. The molecule has 39 heavy (non-hydrogen) atoms. The maximum Gasteiger partial charge on any atom is 0.471 e. The zero-order valence-electron chi connectivity index (χ0n) is 22.6. The third-order valence-corrected chi connectivity index (χ3v) is 4.05. The molecule has 0 saturated carbocycles. The number of unbranched alkanes of at least 4 members (excludes halogenated alkanes) is 2. The molecule has 226 valence electrons. The molecule has 3 N–H and O–H groups in total. The van der Waals surface area contributed by atoms with E-state index in [4.69, 9.17) is 9.47 Å². The smallest absolute Gasteiger partial charge is 0.444 e. The number of nitrogens with one attached hydrogen (secondary N) is 3. The first-order valence-electron chi connectivity index (χ1n) is 11.8. The van der Waals surface area contributed by atoms with Crippen LogP contribution in [0.15, 0.2) is 4.99 Å². The van der Waals surface area contributed by atoms with Gasteiger partial charge in [0, 0.05) is 26.2 Å². The van der Waals surface area contributed by atoms with Crippen LogP contribution in [-0.4, -0.2) is 84.6 Å². The maximum absolute atomic E-state index is 12.8. The minimum atomic E-state index is -5.26. The highest BCUT2D eigenvalue weighted by molar-refractivity contribution is 6.01. The third kappa shape index (κ3) is 17.8. The summed E-state index contributed by atoms with van der Waals surface area (Å²) in [4.78, 5) is 50.8. The van der Waals surface area contributed by atoms with E-state index in [1.165, 1.54) is 5.32 Å². The summed E-state index contributed by atoms with van der Waals surface area (Å²) in [7, 11) is 0. The summed E-state index contributed by atoms with van der Waals surface area (Å²) in [6.45, 7) is 7.58. The number of rotatable bonds is 9. The van der Waals surface area contributed by atoms with E-state index in [1.54, 1.807) is 41.5 Å². The SMILES string of the molecule is CC(C)(C)OC(=O)NC(=NCCCCCN(CCNC(=O)C(F)(F)F)C(=O)C(F)(F)F)NC(=O)OC(C)(C)C. The van der Waals surface area contributed by atoms with Crippen molar-refractivity contribution < 1.29 is 55.0 Å². The Morgan fingerprint density at radius 2 is 1.21 bits per heavy atom. The fraction of sp³-hybridized carbons (Fsp3) is 0.773. The number of alkyl carbamates (subject to hydrolysis) is 2. The minimum Gasteiger partial charge on any atom is -0.444 e. The summed E-state index contributed by atoms with van der Waals surface area (Å²) in [6.07, 6.45) is -11.9. The number of carbonyl (C=O) groups is 4. The molecule has 0 heterocycles. The summed E-state index contributed by atoms with van der Waals surface area (Å²) >= 11 is 0. The molecule has 0 spiro atoms. The van der Waals surface area contributed by atoms with E-state index in [2.05, 4.69) is 15.6 Å². The number of guanidine groups is 1. The van der Waals surface area contributed by atoms with Crippen molar-refractivity contribution >= 4 is 30.0 Å². The number of aliphatic imine (C=N–C) groups is 1. The van der Waals surface area contributed by atoms with Gasteiger partial charge >= 0.3 is 36.4 Å². The quantitative estimate of drug-likeness (QED) is 0.165. The summed E-state index contributed by atoms with van der Waals surface area (Å²) in [5.41, 5.74) is -1.70. The van der Waals surface area contributed by atoms with Crippen LogP contribution in [0.3, 0.4) is 0 Å². The van der Waals surface area contributed by atoms with Crippen molar-refractivity contribution in [3.05, 3.63) is 0 Å². The minimum absolute atomic E-state index is 0.0128. The third-order valence-electron chi connectivity index (χ3n) is 4.05. The molecule has 0 atom stereocenters. The van der Waals surface area contributed by atoms with E-state index in [0.717, 1.165) is 0 Å². The molecule has 0 bridgehead atoms. The summed E-state index contributed by atoms with van der Waals surface area (Å²) in [5, 5.41) is 5.93. The topological polar surface area (TPSA) is 138 Å². The van der Waals surface area contributed by atoms with Crippen LogP contribution < -0.4 is 16.0 Å². The van der Waals surface area contributed by atoms with E-state index in [9.17, 15) is 45.5 Å². The van der Waals surface area contributed by atoms with Crippen molar-refractivity contribution in [3.8, 4) is 0 Å². The van der Waals surface area contributed by atoms with Gasteiger partial charge in [-0.15, -0.1) is 0 Å². The van der Waals surface area contributed by atoms with Crippen LogP contribution >= 0.6 is 0 Å². The van der Waals surface area contributed by atoms with Crippen molar-refractivity contribution in [2.45, 2.75) is 84.4 Å². The number of ether oxygens (including phenoxy) is 2. The Balaban J connectivity index is 5.05. The van der Waals surface area contributed by atoms with Crippen LogP contribution in [-0.2, 0) is 19.1 Å². The van der Waals surface area contributed by atoms with Crippen LogP contribution in [0, 0.1) is 0 Å². The monoisotopic (exact) mass is 579 g/mol. The molecule has 0 aliphatic carbocycles. The second kappa shape index (κ2) is 14.8. The molecule has 0 saturated heterocycles. The Morgan fingerprint density at radius 1 is 0.718 bits per heavy atom. The van der Waals surface area contributed by atoms with E-state index in [1.807, 2.05) is 0 Å². The van der Waals surface area contributed by atoms with E-state index in [-0.39, 0.29) is 31.8 Å². The average Bonchev–Trinajstić information content (AvgIpc) is 2.69. The van der Waals surface area contributed by atoms with Crippen LogP contribution in [0.4, 0.5) is 35.9 Å². The van der Waals surface area contributed by atoms with Gasteiger partial charge in [-0.3, -0.25) is 25.2 Å². The lowest BCUT2D eigenvalue weighted by Crippen LogP contribution is -2.47. The molecule has 0 aromatic heterocycles. The van der Waals surface area contributed by atoms with Crippen molar-refractivity contribution in [1.82, 2.24) is 20.9 Å². The van der Waals surface area contributed by atoms with Gasteiger partial charge in [-0.05, 0) is 60.8 Å². The van der Waals surface area contributed by atoms with Crippen LogP contribution in [0.25, 0.3) is 0 Å². The van der Waals surface area contributed by atoms with Crippen molar-refractivity contribution in [3.63, 3.8) is 0 Å².